The number of thiazole rings is 1. The van der Waals surface area contributed by atoms with Crippen LogP contribution >= 0.6 is 11.3 Å². The number of para-hydroxylation sites is 1. The van der Waals surface area contributed by atoms with Gasteiger partial charge in [-0.1, -0.05) is 43.4 Å². The summed E-state index contributed by atoms with van der Waals surface area (Å²) in [6.45, 7) is 6.04. The molecule has 112 valence electrons. The van der Waals surface area contributed by atoms with Crippen LogP contribution < -0.4 is 10.2 Å². The minimum Gasteiger partial charge on any atom is -0.321 e. The van der Waals surface area contributed by atoms with Gasteiger partial charge in [0.1, 0.15) is 4.88 Å². The highest BCUT2D eigenvalue weighted by Crippen LogP contribution is 2.27. The topological polar surface area (TPSA) is 51.1 Å². The van der Waals surface area contributed by atoms with Gasteiger partial charge in [0.05, 0.1) is 0 Å². The predicted octanol–water partition coefficient (Wildman–Crippen LogP) is 3.52. The molecular weight excluding hydrogens is 284 g/mol. The van der Waals surface area contributed by atoms with E-state index in [1.54, 1.807) is 14.0 Å². The van der Waals surface area contributed by atoms with Crippen LogP contribution in [0, 0.1) is 6.92 Å². The molecule has 0 saturated heterocycles. The maximum Gasteiger partial charge on any atom is 0.307 e. The van der Waals surface area contributed by atoms with Crippen LogP contribution in [0.5, 0.6) is 0 Å². The van der Waals surface area contributed by atoms with Crippen molar-refractivity contribution in [2.24, 2.45) is 7.05 Å². The number of rotatable bonds is 4. The first kappa shape index (κ1) is 15.5. The van der Waals surface area contributed by atoms with Crippen LogP contribution in [0.3, 0.4) is 0 Å². The first-order valence-electron chi connectivity index (χ1n) is 7.02. The molecule has 4 nitrogen and oxygen atoms in total. The van der Waals surface area contributed by atoms with E-state index in [4.69, 9.17) is 0 Å². The third kappa shape index (κ3) is 3.08. The summed E-state index contributed by atoms with van der Waals surface area (Å²) in [6, 6.07) is 7.82. The number of carbonyl (C=O) groups excluding carboxylic acids is 1. The molecular formula is C16H20N2O2S. The molecule has 1 N–H and O–H groups in total. The molecule has 0 fully saturated rings. The normalized spacial score (nSPS) is 12.2. The highest BCUT2D eigenvalue weighted by molar-refractivity contribution is 7.11. The molecule has 2 aromatic rings. The zero-order valence-corrected chi connectivity index (χ0v) is 13.6. The summed E-state index contributed by atoms with van der Waals surface area (Å²) in [5, 5.41) is 2.94. The van der Waals surface area contributed by atoms with Crippen molar-refractivity contribution >= 4 is 22.9 Å². The van der Waals surface area contributed by atoms with Gasteiger partial charge in [0.2, 0.25) is 0 Å². The largest absolute Gasteiger partial charge is 0.321 e. The molecule has 0 aliphatic rings. The summed E-state index contributed by atoms with van der Waals surface area (Å²) in [6.07, 6.45) is 1.00. The molecule has 0 aliphatic carbocycles. The number of hydrogen-bond donors (Lipinski definition) is 1. The second-order valence-corrected chi connectivity index (χ2v) is 6.15. The van der Waals surface area contributed by atoms with E-state index in [1.807, 2.05) is 24.3 Å². The van der Waals surface area contributed by atoms with Crippen LogP contribution in [-0.4, -0.2) is 10.5 Å². The Morgan fingerprint density at radius 3 is 2.62 bits per heavy atom. The van der Waals surface area contributed by atoms with E-state index in [1.165, 1.54) is 4.57 Å². The number of carbonyl (C=O) groups is 1. The fraction of sp³-hybridized carbons (Fsp3) is 0.375. The molecule has 5 heteroatoms. The Morgan fingerprint density at radius 1 is 1.38 bits per heavy atom. The van der Waals surface area contributed by atoms with E-state index in [2.05, 4.69) is 19.2 Å². The van der Waals surface area contributed by atoms with Gasteiger partial charge >= 0.3 is 4.87 Å². The average molecular weight is 304 g/mol. The number of nitrogens with one attached hydrogen (secondary N) is 1. The van der Waals surface area contributed by atoms with Crippen LogP contribution in [0.1, 0.15) is 47.1 Å². The van der Waals surface area contributed by atoms with Gasteiger partial charge in [0.25, 0.3) is 5.91 Å². The lowest BCUT2D eigenvalue weighted by Crippen LogP contribution is -2.14. The molecule has 0 saturated carbocycles. The first-order valence-corrected chi connectivity index (χ1v) is 7.84. The number of anilines is 1. The molecule has 2 rings (SSSR count). The quantitative estimate of drug-likeness (QED) is 0.939. The Kier molecular flexibility index (Phi) is 4.63. The van der Waals surface area contributed by atoms with E-state index < -0.39 is 0 Å². The van der Waals surface area contributed by atoms with Crippen molar-refractivity contribution in [1.82, 2.24) is 4.57 Å². The second kappa shape index (κ2) is 6.26. The summed E-state index contributed by atoms with van der Waals surface area (Å²) < 4.78 is 1.50. The number of aromatic nitrogens is 1. The van der Waals surface area contributed by atoms with Gasteiger partial charge in [-0.2, -0.15) is 0 Å². The van der Waals surface area contributed by atoms with Crippen LogP contribution in [-0.2, 0) is 7.05 Å². The van der Waals surface area contributed by atoms with E-state index >= 15 is 0 Å². The van der Waals surface area contributed by atoms with Crippen LogP contribution in [0.2, 0.25) is 0 Å². The van der Waals surface area contributed by atoms with Crippen LogP contribution in [0.15, 0.2) is 29.1 Å². The Balaban J connectivity index is 2.32. The summed E-state index contributed by atoms with van der Waals surface area (Å²) in [7, 11) is 1.68. The van der Waals surface area contributed by atoms with Crippen LogP contribution in [0.25, 0.3) is 0 Å². The van der Waals surface area contributed by atoms with Crippen molar-refractivity contribution in [3.05, 3.63) is 50.1 Å². The standard InChI is InChI=1S/C16H20N2O2S/c1-5-10(2)12-8-6-7-9-13(12)17-15(19)14-11(3)18(4)16(20)21-14/h6-10H,5H2,1-4H3,(H,17,19). The monoisotopic (exact) mass is 304 g/mol. The van der Waals surface area contributed by atoms with Crippen molar-refractivity contribution < 1.29 is 4.79 Å². The molecule has 0 aliphatic heterocycles. The Morgan fingerprint density at radius 2 is 2.05 bits per heavy atom. The SMILES string of the molecule is CCC(C)c1ccccc1NC(=O)c1sc(=O)n(C)c1C. The number of nitrogens with zero attached hydrogens (tertiary/aromatic N) is 1. The van der Waals surface area contributed by atoms with Crippen molar-refractivity contribution in [1.29, 1.82) is 0 Å². The fourth-order valence-corrected chi connectivity index (χ4v) is 3.05. The maximum absolute atomic E-state index is 12.4. The molecule has 0 radical (unpaired) electrons. The lowest BCUT2D eigenvalue weighted by molar-refractivity contribution is 0.102. The molecule has 0 spiro atoms. The molecule has 1 unspecified atom stereocenters. The summed E-state index contributed by atoms with van der Waals surface area (Å²) >= 11 is 0.984. The second-order valence-electron chi connectivity index (χ2n) is 5.19. The molecule has 1 aromatic carbocycles. The predicted molar refractivity (Wildman–Crippen MR) is 87.4 cm³/mol. The molecule has 21 heavy (non-hydrogen) atoms. The van der Waals surface area contributed by atoms with Crippen LogP contribution in [0.4, 0.5) is 5.69 Å². The summed E-state index contributed by atoms with van der Waals surface area (Å²) in [5.41, 5.74) is 2.64. The Hall–Kier alpha value is -1.88. The minimum absolute atomic E-state index is 0.118. The van der Waals surface area contributed by atoms with E-state index in [0.29, 0.717) is 16.5 Å². The van der Waals surface area contributed by atoms with Crippen molar-refractivity contribution in [3.63, 3.8) is 0 Å². The van der Waals surface area contributed by atoms with Gasteiger partial charge < -0.3 is 9.88 Å². The molecule has 1 aromatic heterocycles. The van der Waals surface area contributed by atoms with Gasteiger partial charge in [0.15, 0.2) is 0 Å². The zero-order chi connectivity index (χ0) is 15.6. The minimum atomic E-state index is -0.217. The number of hydrogen-bond acceptors (Lipinski definition) is 3. The lowest BCUT2D eigenvalue weighted by atomic mass is 9.97. The van der Waals surface area contributed by atoms with E-state index in [9.17, 15) is 9.59 Å². The lowest BCUT2D eigenvalue weighted by Gasteiger charge is -2.15. The van der Waals surface area contributed by atoms with Crippen molar-refractivity contribution in [2.45, 2.75) is 33.1 Å². The summed E-state index contributed by atoms with van der Waals surface area (Å²) in [4.78, 5) is 24.4. The van der Waals surface area contributed by atoms with Crippen molar-refractivity contribution in [2.75, 3.05) is 5.32 Å². The van der Waals surface area contributed by atoms with E-state index in [0.717, 1.165) is 29.0 Å². The van der Waals surface area contributed by atoms with Gasteiger partial charge in [-0.05, 0) is 30.9 Å². The third-order valence-corrected chi connectivity index (χ3v) is 4.99. The number of benzene rings is 1. The molecule has 1 atom stereocenters. The maximum atomic E-state index is 12.4. The molecule has 1 heterocycles. The number of amides is 1. The van der Waals surface area contributed by atoms with Gasteiger partial charge in [-0.15, -0.1) is 0 Å². The highest BCUT2D eigenvalue weighted by Gasteiger charge is 2.17. The summed E-state index contributed by atoms with van der Waals surface area (Å²) in [5.74, 6) is 0.156. The fourth-order valence-electron chi connectivity index (χ4n) is 2.17. The average Bonchev–Trinajstić information content (AvgIpc) is 2.74. The smallest absolute Gasteiger partial charge is 0.307 e. The third-order valence-electron chi connectivity index (χ3n) is 3.85. The van der Waals surface area contributed by atoms with Gasteiger partial charge in [-0.25, -0.2) is 0 Å². The van der Waals surface area contributed by atoms with Crippen molar-refractivity contribution in [3.8, 4) is 0 Å². The molecule has 0 bridgehead atoms. The van der Waals surface area contributed by atoms with Gasteiger partial charge in [-0.3, -0.25) is 9.59 Å². The highest BCUT2D eigenvalue weighted by atomic mass is 32.1. The Bertz CT molecular complexity index is 715. The Labute approximate surface area is 128 Å². The first-order chi connectivity index (χ1) is 9.95. The van der Waals surface area contributed by atoms with E-state index in [-0.39, 0.29) is 10.8 Å². The zero-order valence-electron chi connectivity index (χ0n) is 12.8. The molecule has 1 amide bonds. The van der Waals surface area contributed by atoms with Gasteiger partial charge in [0, 0.05) is 18.4 Å².